The van der Waals surface area contributed by atoms with Gasteiger partial charge in [0.05, 0.1) is 5.56 Å². The molecule has 0 amide bonds. The van der Waals surface area contributed by atoms with Crippen LogP contribution in [0.1, 0.15) is 15.9 Å². The van der Waals surface area contributed by atoms with E-state index in [0.29, 0.717) is 12.1 Å². The fourth-order valence-electron chi connectivity index (χ4n) is 1.76. The number of anilines is 1. The molecular formula is C13H12N2O3. The van der Waals surface area contributed by atoms with E-state index in [-0.39, 0.29) is 16.7 Å². The number of nitrogen functional groups attached to an aromatic ring is 1. The fraction of sp³-hybridized carbons (Fsp3) is 0.0769. The summed E-state index contributed by atoms with van der Waals surface area (Å²) < 4.78 is 1.72. The van der Waals surface area contributed by atoms with Crippen molar-refractivity contribution in [2.75, 3.05) is 5.73 Å². The molecule has 1 heterocycles. The molecule has 18 heavy (non-hydrogen) atoms. The molecule has 0 saturated heterocycles. The molecule has 0 saturated carbocycles. The molecule has 1 aromatic heterocycles. The molecule has 0 radical (unpaired) electrons. The minimum absolute atomic E-state index is 0.0858. The summed E-state index contributed by atoms with van der Waals surface area (Å²) in [5.74, 6) is -1.05. The topological polar surface area (TPSA) is 85.3 Å². The highest BCUT2D eigenvalue weighted by atomic mass is 16.4. The molecule has 5 nitrogen and oxygen atoms in total. The van der Waals surface area contributed by atoms with Gasteiger partial charge in [-0.2, -0.15) is 0 Å². The van der Waals surface area contributed by atoms with E-state index in [1.807, 2.05) is 0 Å². The fourth-order valence-corrected chi connectivity index (χ4v) is 1.76. The van der Waals surface area contributed by atoms with Gasteiger partial charge in [0.25, 0.3) is 0 Å². The van der Waals surface area contributed by atoms with E-state index in [0.717, 1.165) is 0 Å². The predicted molar refractivity (Wildman–Crippen MR) is 67.6 cm³/mol. The molecule has 5 heteroatoms. The molecule has 0 unspecified atom stereocenters. The first-order valence-electron chi connectivity index (χ1n) is 5.34. The lowest BCUT2D eigenvalue weighted by Crippen LogP contribution is -2.11. The third-order valence-corrected chi connectivity index (χ3v) is 2.61. The smallest absolute Gasteiger partial charge is 0.338 e. The van der Waals surface area contributed by atoms with Crippen LogP contribution in [0.2, 0.25) is 0 Å². The van der Waals surface area contributed by atoms with Gasteiger partial charge in [0.1, 0.15) is 0 Å². The Morgan fingerprint density at radius 2 is 1.89 bits per heavy atom. The van der Waals surface area contributed by atoms with Crippen LogP contribution < -0.4 is 11.2 Å². The first kappa shape index (κ1) is 11.9. The van der Waals surface area contributed by atoms with Crippen molar-refractivity contribution in [3.05, 3.63) is 64.1 Å². The molecule has 0 atom stereocenters. The van der Waals surface area contributed by atoms with Gasteiger partial charge >= 0.3 is 5.97 Å². The van der Waals surface area contributed by atoms with Gasteiger partial charge in [-0.15, -0.1) is 0 Å². The number of carboxylic acid groups (broad SMARTS) is 1. The Kier molecular flexibility index (Phi) is 3.14. The molecule has 0 aliphatic heterocycles. The largest absolute Gasteiger partial charge is 0.478 e. The maximum absolute atomic E-state index is 11.1. The van der Waals surface area contributed by atoms with Gasteiger partial charge in [-0.25, -0.2) is 4.79 Å². The van der Waals surface area contributed by atoms with Crippen LogP contribution in [0.4, 0.5) is 5.69 Å². The molecule has 0 spiro atoms. The summed E-state index contributed by atoms with van der Waals surface area (Å²) in [6, 6.07) is 7.81. The summed E-state index contributed by atoms with van der Waals surface area (Å²) in [7, 11) is 0. The molecule has 3 N–H and O–H groups in total. The zero-order valence-electron chi connectivity index (χ0n) is 9.54. The van der Waals surface area contributed by atoms with Gasteiger partial charge in [-0.3, -0.25) is 4.79 Å². The second kappa shape index (κ2) is 4.75. The first-order chi connectivity index (χ1) is 8.58. The lowest BCUT2D eigenvalue weighted by Gasteiger charge is -2.10. The van der Waals surface area contributed by atoms with Crippen molar-refractivity contribution in [3.63, 3.8) is 0 Å². The molecule has 0 aliphatic rings. The van der Waals surface area contributed by atoms with E-state index in [1.165, 1.54) is 12.1 Å². The molecule has 0 aliphatic carbocycles. The highest BCUT2D eigenvalue weighted by Crippen LogP contribution is 2.18. The number of benzene rings is 1. The third kappa shape index (κ3) is 2.40. The van der Waals surface area contributed by atoms with Gasteiger partial charge in [-0.05, 0) is 11.6 Å². The van der Waals surface area contributed by atoms with Crippen LogP contribution in [0, 0.1) is 0 Å². The maximum atomic E-state index is 11.1. The van der Waals surface area contributed by atoms with E-state index >= 15 is 0 Å². The summed E-state index contributed by atoms with van der Waals surface area (Å²) in [6.45, 7) is 0.354. The summed E-state index contributed by atoms with van der Waals surface area (Å²) in [4.78, 5) is 22.1. The van der Waals surface area contributed by atoms with Crippen molar-refractivity contribution >= 4 is 11.7 Å². The van der Waals surface area contributed by atoms with E-state index in [9.17, 15) is 9.59 Å². The van der Waals surface area contributed by atoms with Gasteiger partial charge in [0.15, 0.2) is 5.43 Å². The summed E-state index contributed by atoms with van der Waals surface area (Å²) in [6.07, 6.45) is 3.22. The molecule has 2 rings (SSSR count). The van der Waals surface area contributed by atoms with Crippen molar-refractivity contribution in [2.45, 2.75) is 6.54 Å². The van der Waals surface area contributed by atoms with Crippen LogP contribution in [0.5, 0.6) is 0 Å². The average Bonchev–Trinajstić information content (AvgIpc) is 2.32. The highest BCUT2D eigenvalue weighted by molar-refractivity contribution is 5.95. The lowest BCUT2D eigenvalue weighted by atomic mass is 10.1. The molecular weight excluding hydrogens is 232 g/mol. The minimum atomic E-state index is -1.05. The number of hydrogen-bond acceptors (Lipinski definition) is 3. The number of nitrogens with zero attached hydrogens (tertiary/aromatic N) is 1. The molecule has 92 valence electrons. The Morgan fingerprint density at radius 1 is 1.22 bits per heavy atom. The summed E-state index contributed by atoms with van der Waals surface area (Å²) >= 11 is 0. The van der Waals surface area contributed by atoms with Crippen LogP contribution in [-0.2, 0) is 6.54 Å². The second-order valence-electron chi connectivity index (χ2n) is 3.89. The SMILES string of the molecule is Nc1cccc(Cn2ccc(=O)cc2)c1C(=O)O. The van der Waals surface area contributed by atoms with Crippen LogP contribution in [0.3, 0.4) is 0 Å². The molecule has 1 aromatic carbocycles. The van der Waals surface area contributed by atoms with E-state index < -0.39 is 5.97 Å². The zero-order chi connectivity index (χ0) is 13.1. The van der Waals surface area contributed by atoms with Crippen molar-refractivity contribution < 1.29 is 9.90 Å². The number of nitrogens with two attached hydrogens (primary N) is 1. The maximum Gasteiger partial charge on any atom is 0.338 e. The quantitative estimate of drug-likeness (QED) is 0.794. The Morgan fingerprint density at radius 3 is 2.50 bits per heavy atom. The zero-order valence-corrected chi connectivity index (χ0v) is 9.54. The van der Waals surface area contributed by atoms with Crippen LogP contribution in [0.25, 0.3) is 0 Å². The van der Waals surface area contributed by atoms with E-state index in [1.54, 1.807) is 35.2 Å². The van der Waals surface area contributed by atoms with Crippen LogP contribution in [-0.4, -0.2) is 15.6 Å². The number of carboxylic acids is 1. The highest BCUT2D eigenvalue weighted by Gasteiger charge is 2.13. The van der Waals surface area contributed by atoms with Gasteiger partial charge in [0.2, 0.25) is 0 Å². The monoisotopic (exact) mass is 244 g/mol. The Bertz CT molecular complexity index is 626. The van der Waals surface area contributed by atoms with Crippen LogP contribution in [0.15, 0.2) is 47.5 Å². The van der Waals surface area contributed by atoms with Crippen molar-refractivity contribution in [1.82, 2.24) is 4.57 Å². The summed E-state index contributed by atoms with van der Waals surface area (Å²) in [5, 5.41) is 9.13. The number of carbonyl (C=O) groups is 1. The lowest BCUT2D eigenvalue weighted by molar-refractivity contribution is 0.0697. The average molecular weight is 244 g/mol. The van der Waals surface area contributed by atoms with Crippen molar-refractivity contribution in [1.29, 1.82) is 0 Å². The number of hydrogen-bond donors (Lipinski definition) is 2. The Hall–Kier alpha value is -2.56. The number of rotatable bonds is 3. The van der Waals surface area contributed by atoms with Crippen LogP contribution >= 0.6 is 0 Å². The first-order valence-corrected chi connectivity index (χ1v) is 5.34. The second-order valence-corrected chi connectivity index (χ2v) is 3.89. The molecule has 0 fully saturated rings. The van der Waals surface area contributed by atoms with Gasteiger partial charge in [-0.1, -0.05) is 12.1 Å². The predicted octanol–water partition coefficient (Wildman–Crippen LogP) is 1.18. The van der Waals surface area contributed by atoms with Gasteiger partial charge in [0, 0.05) is 36.8 Å². The van der Waals surface area contributed by atoms with Crippen molar-refractivity contribution in [2.24, 2.45) is 0 Å². The third-order valence-electron chi connectivity index (χ3n) is 2.61. The number of pyridine rings is 1. The number of aromatic nitrogens is 1. The minimum Gasteiger partial charge on any atom is -0.478 e. The summed E-state index contributed by atoms with van der Waals surface area (Å²) in [5.41, 5.74) is 6.52. The Balaban J connectivity index is 2.40. The van der Waals surface area contributed by atoms with E-state index in [4.69, 9.17) is 10.8 Å². The normalized spacial score (nSPS) is 10.2. The van der Waals surface area contributed by atoms with Crippen molar-refractivity contribution in [3.8, 4) is 0 Å². The Labute approximate surface area is 103 Å². The standard InChI is InChI=1S/C13H12N2O3/c14-11-3-1-2-9(12(11)13(17)18)8-15-6-4-10(16)5-7-15/h1-7H,8,14H2,(H,17,18). The number of aromatic carboxylic acids is 1. The molecule has 0 bridgehead atoms. The molecule has 2 aromatic rings. The van der Waals surface area contributed by atoms with Gasteiger partial charge < -0.3 is 15.4 Å². The van der Waals surface area contributed by atoms with E-state index in [2.05, 4.69) is 0 Å².